The fourth-order valence-electron chi connectivity index (χ4n) is 3.42. The molecule has 31 heavy (non-hydrogen) atoms. The molecular weight excluding hydrogens is 430 g/mol. The SMILES string of the molecule is Cc1cc(C)c(NC(=O)CSc2nc3nccnc3c(=O)n2Cc2cccs2)c(C)c1. The Labute approximate surface area is 187 Å². The van der Waals surface area contributed by atoms with Gasteiger partial charge in [-0.3, -0.25) is 14.2 Å². The molecule has 158 valence electrons. The first-order valence-corrected chi connectivity index (χ1v) is 11.5. The highest BCUT2D eigenvalue weighted by Crippen LogP contribution is 2.23. The zero-order valence-electron chi connectivity index (χ0n) is 17.4. The number of thioether (sulfide) groups is 1. The molecule has 0 bridgehead atoms. The van der Waals surface area contributed by atoms with Gasteiger partial charge in [0.25, 0.3) is 5.56 Å². The topological polar surface area (TPSA) is 89.8 Å². The van der Waals surface area contributed by atoms with E-state index in [1.165, 1.54) is 24.2 Å². The zero-order valence-corrected chi connectivity index (χ0v) is 19.0. The van der Waals surface area contributed by atoms with E-state index in [0.29, 0.717) is 11.7 Å². The van der Waals surface area contributed by atoms with Crippen molar-refractivity contribution in [3.63, 3.8) is 0 Å². The van der Waals surface area contributed by atoms with Crippen LogP contribution >= 0.6 is 23.1 Å². The van der Waals surface area contributed by atoms with Crippen molar-refractivity contribution in [2.24, 2.45) is 0 Å². The lowest BCUT2D eigenvalue weighted by atomic mass is 10.1. The number of anilines is 1. The second-order valence-electron chi connectivity index (χ2n) is 7.20. The number of carbonyl (C=O) groups is 1. The van der Waals surface area contributed by atoms with Crippen LogP contribution in [-0.2, 0) is 11.3 Å². The Bertz CT molecular complexity index is 1290. The van der Waals surface area contributed by atoms with Crippen LogP contribution in [0.25, 0.3) is 11.2 Å². The Morgan fingerprint density at radius 1 is 1.16 bits per heavy atom. The molecule has 0 aliphatic heterocycles. The van der Waals surface area contributed by atoms with Crippen LogP contribution in [0.15, 0.2) is 52.0 Å². The fourth-order valence-corrected chi connectivity index (χ4v) is 4.90. The van der Waals surface area contributed by atoms with Crippen LogP contribution in [-0.4, -0.2) is 31.2 Å². The number of nitrogens with zero attached hydrogens (tertiary/aromatic N) is 4. The van der Waals surface area contributed by atoms with Crippen molar-refractivity contribution < 1.29 is 4.79 Å². The van der Waals surface area contributed by atoms with Gasteiger partial charge in [0.1, 0.15) is 0 Å². The summed E-state index contributed by atoms with van der Waals surface area (Å²) in [5.41, 5.74) is 4.25. The second kappa shape index (κ2) is 8.99. The molecule has 0 atom stereocenters. The first-order valence-electron chi connectivity index (χ1n) is 9.67. The normalized spacial score (nSPS) is 11.1. The molecule has 9 heteroatoms. The van der Waals surface area contributed by atoms with Gasteiger partial charge in [0.2, 0.25) is 5.91 Å². The lowest BCUT2D eigenvalue weighted by Gasteiger charge is -2.14. The molecule has 0 saturated carbocycles. The van der Waals surface area contributed by atoms with E-state index in [0.717, 1.165) is 27.3 Å². The molecule has 1 amide bonds. The minimum atomic E-state index is -0.264. The van der Waals surface area contributed by atoms with E-state index < -0.39 is 0 Å². The average molecular weight is 452 g/mol. The van der Waals surface area contributed by atoms with Crippen LogP contribution in [0.2, 0.25) is 0 Å². The molecule has 0 unspecified atom stereocenters. The molecule has 7 nitrogen and oxygen atoms in total. The number of hydrogen-bond acceptors (Lipinski definition) is 7. The molecule has 1 aromatic carbocycles. The predicted octanol–water partition coefficient (Wildman–Crippen LogP) is 3.95. The third kappa shape index (κ3) is 4.67. The van der Waals surface area contributed by atoms with Crippen LogP contribution < -0.4 is 10.9 Å². The number of carbonyl (C=O) groups excluding carboxylic acids is 1. The van der Waals surface area contributed by atoms with Gasteiger partial charge in [-0.2, -0.15) is 0 Å². The van der Waals surface area contributed by atoms with E-state index >= 15 is 0 Å². The maximum Gasteiger partial charge on any atom is 0.282 e. The number of amides is 1. The van der Waals surface area contributed by atoms with E-state index in [1.807, 2.05) is 50.4 Å². The summed E-state index contributed by atoms with van der Waals surface area (Å²) in [6.45, 7) is 6.36. The molecule has 4 rings (SSSR count). The Morgan fingerprint density at radius 2 is 1.90 bits per heavy atom. The molecule has 0 saturated heterocycles. The maximum absolute atomic E-state index is 13.0. The van der Waals surface area contributed by atoms with Gasteiger partial charge in [0, 0.05) is 23.0 Å². The molecule has 1 N–H and O–H groups in total. The molecular formula is C22H21N5O2S2. The van der Waals surface area contributed by atoms with Crippen molar-refractivity contribution in [3.8, 4) is 0 Å². The maximum atomic E-state index is 13.0. The average Bonchev–Trinajstić information content (AvgIpc) is 3.25. The third-order valence-electron chi connectivity index (χ3n) is 4.73. The quantitative estimate of drug-likeness (QED) is 0.353. The molecule has 4 aromatic rings. The Morgan fingerprint density at radius 3 is 2.61 bits per heavy atom. The van der Waals surface area contributed by atoms with Crippen LogP contribution in [0.1, 0.15) is 21.6 Å². The number of nitrogens with one attached hydrogen (secondary N) is 1. The zero-order chi connectivity index (χ0) is 22.0. The summed E-state index contributed by atoms with van der Waals surface area (Å²) in [5, 5.41) is 5.39. The lowest BCUT2D eigenvalue weighted by molar-refractivity contribution is -0.113. The fraction of sp³-hybridized carbons (Fsp3) is 0.227. The van der Waals surface area contributed by atoms with Crippen molar-refractivity contribution in [1.29, 1.82) is 0 Å². The molecule has 0 spiro atoms. The summed E-state index contributed by atoms with van der Waals surface area (Å²) in [6.07, 6.45) is 2.98. The molecule has 3 heterocycles. The number of aromatic nitrogens is 4. The first-order chi connectivity index (χ1) is 14.9. The minimum absolute atomic E-state index is 0.120. The van der Waals surface area contributed by atoms with Gasteiger partial charge in [-0.25, -0.2) is 15.0 Å². The number of fused-ring (bicyclic) bond motifs is 1. The molecule has 0 aliphatic carbocycles. The lowest BCUT2D eigenvalue weighted by Crippen LogP contribution is -2.25. The summed E-state index contributed by atoms with van der Waals surface area (Å²) in [6, 6.07) is 7.98. The smallest absolute Gasteiger partial charge is 0.282 e. The molecule has 3 aromatic heterocycles. The minimum Gasteiger partial charge on any atom is -0.325 e. The molecule has 0 aliphatic rings. The largest absolute Gasteiger partial charge is 0.325 e. The van der Waals surface area contributed by atoms with Gasteiger partial charge in [-0.15, -0.1) is 11.3 Å². The number of benzene rings is 1. The van der Waals surface area contributed by atoms with Gasteiger partial charge in [-0.1, -0.05) is 35.5 Å². The van der Waals surface area contributed by atoms with Crippen molar-refractivity contribution in [3.05, 3.63) is 74.0 Å². The molecule has 0 radical (unpaired) electrons. The van der Waals surface area contributed by atoms with Crippen molar-refractivity contribution in [2.75, 3.05) is 11.1 Å². The number of aryl methyl sites for hydroxylation is 3. The van der Waals surface area contributed by atoms with Crippen molar-refractivity contribution >= 4 is 45.9 Å². The first kappa shape index (κ1) is 21.2. The molecule has 0 fully saturated rings. The monoisotopic (exact) mass is 451 g/mol. The highest BCUT2D eigenvalue weighted by Gasteiger charge is 2.16. The van der Waals surface area contributed by atoms with E-state index in [1.54, 1.807) is 15.9 Å². The number of hydrogen-bond donors (Lipinski definition) is 1. The van der Waals surface area contributed by atoms with E-state index in [2.05, 4.69) is 20.3 Å². The summed E-state index contributed by atoms with van der Waals surface area (Å²) in [7, 11) is 0. The van der Waals surface area contributed by atoms with Crippen LogP contribution in [0.3, 0.4) is 0 Å². The van der Waals surface area contributed by atoms with Crippen molar-refractivity contribution in [1.82, 2.24) is 19.5 Å². The third-order valence-corrected chi connectivity index (χ3v) is 6.56. The Kier molecular flexibility index (Phi) is 6.15. The van der Waals surface area contributed by atoms with E-state index in [9.17, 15) is 9.59 Å². The summed E-state index contributed by atoms with van der Waals surface area (Å²) in [5.74, 6) is -0.0358. The van der Waals surface area contributed by atoms with Crippen molar-refractivity contribution in [2.45, 2.75) is 32.5 Å². The van der Waals surface area contributed by atoms with E-state index in [4.69, 9.17) is 0 Å². The van der Waals surface area contributed by atoms with E-state index in [-0.39, 0.29) is 28.4 Å². The van der Waals surface area contributed by atoms with Gasteiger partial charge in [0.05, 0.1) is 12.3 Å². The van der Waals surface area contributed by atoms with Crippen LogP contribution in [0.4, 0.5) is 5.69 Å². The highest BCUT2D eigenvalue weighted by atomic mass is 32.2. The number of rotatable bonds is 6. The van der Waals surface area contributed by atoms with Gasteiger partial charge >= 0.3 is 0 Å². The standard InChI is InChI=1S/C22H21N5O2S2/c1-13-9-14(2)18(15(3)10-13)25-17(28)12-31-22-26-20-19(23-6-7-24-20)21(29)27(22)11-16-5-4-8-30-16/h4-10H,11-12H2,1-3H3,(H,25,28). The van der Waals surface area contributed by atoms with Gasteiger partial charge < -0.3 is 5.32 Å². The highest BCUT2D eigenvalue weighted by molar-refractivity contribution is 7.99. The second-order valence-corrected chi connectivity index (χ2v) is 9.18. The number of thiophene rings is 1. The van der Waals surface area contributed by atoms with Gasteiger partial charge in [-0.05, 0) is 43.3 Å². The summed E-state index contributed by atoms with van der Waals surface area (Å²) in [4.78, 5) is 39.6. The Hall–Kier alpha value is -3.04. The van der Waals surface area contributed by atoms with Gasteiger partial charge in [0.15, 0.2) is 16.3 Å². The predicted molar refractivity (Wildman–Crippen MR) is 125 cm³/mol. The Balaban J connectivity index is 1.60. The van der Waals surface area contributed by atoms with Crippen LogP contribution in [0.5, 0.6) is 0 Å². The van der Waals surface area contributed by atoms with Crippen LogP contribution in [0, 0.1) is 20.8 Å². The summed E-state index contributed by atoms with van der Waals surface area (Å²) < 4.78 is 1.56. The summed E-state index contributed by atoms with van der Waals surface area (Å²) >= 11 is 2.78.